The summed E-state index contributed by atoms with van der Waals surface area (Å²) in [5.74, 6) is 3.32. The summed E-state index contributed by atoms with van der Waals surface area (Å²) in [4.78, 5) is 20.8. The van der Waals surface area contributed by atoms with Crippen LogP contribution in [0.5, 0.6) is 11.5 Å². The van der Waals surface area contributed by atoms with Gasteiger partial charge in [-0.25, -0.2) is 4.98 Å². The smallest absolute Gasteiger partial charge is 0.230 e. The summed E-state index contributed by atoms with van der Waals surface area (Å²) in [6, 6.07) is 5.57. The van der Waals surface area contributed by atoms with E-state index in [2.05, 4.69) is 11.9 Å². The quantitative estimate of drug-likeness (QED) is 0.694. The van der Waals surface area contributed by atoms with Crippen LogP contribution in [-0.2, 0) is 11.3 Å². The molecule has 0 saturated carbocycles. The predicted molar refractivity (Wildman–Crippen MR) is 106 cm³/mol. The first-order valence-electron chi connectivity index (χ1n) is 9.60. The third-order valence-corrected chi connectivity index (χ3v) is 5.20. The lowest BCUT2D eigenvalue weighted by atomic mass is 10.1. The number of aromatic nitrogens is 1. The van der Waals surface area contributed by atoms with Crippen molar-refractivity contribution >= 4 is 5.91 Å². The van der Waals surface area contributed by atoms with E-state index in [-0.39, 0.29) is 5.91 Å². The number of carbonyl (C=O) groups excluding carboxylic acids is 1. The monoisotopic (exact) mass is 387 g/mol. The number of ether oxygens (including phenoxy) is 2. The van der Waals surface area contributed by atoms with E-state index in [0.717, 1.165) is 42.4 Å². The maximum absolute atomic E-state index is 11.9. The highest BCUT2D eigenvalue weighted by molar-refractivity contribution is 5.78. The number of amides is 1. The molecule has 7 nitrogen and oxygen atoms in total. The van der Waals surface area contributed by atoms with E-state index in [9.17, 15) is 4.79 Å². The van der Waals surface area contributed by atoms with Gasteiger partial charge in [0.1, 0.15) is 17.3 Å². The summed E-state index contributed by atoms with van der Waals surface area (Å²) in [5.41, 5.74) is 1.69. The maximum Gasteiger partial charge on any atom is 0.230 e. The molecule has 152 valence electrons. The number of rotatable bonds is 8. The average Bonchev–Trinajstić information content (AvgIpc) is 3.22. The summed E-state index contributed by atoms with van der Waals surface area (Å²) in [6.07, 6.45) is 0.629. The molecule has 28 heavy (non-hydrogen) atoms. The molecular formula is C21H29N3O4. The molecule has 0 radical (unpaired) electrons. The number of likely N-dealkylation sites (tertiary alicyclic amines) is 1. The largest absolute Gasteiger partial charge is 0.497 e. The van der Waals surface area contributed by atoms with E-state index in [1.807, 2.05) is 36.9 Å². The number of aryl methyl sites for hydroxylation is 1. The molecule has 2 heterocycles. The molecule has 1 aliphatic heterocycles. The van der Waals surface area contributed by atoms with E-state index < -0.39 is 0 Å². The number of nitrogens with zero attached hydrogens (tertiary/aromatic N) is 3. The van der Waals surface area contributed by atoms with Gasteiger partial charge >= 0.3 is 0 Å². The lowest BCUT2D eigenvalue weighted by Gasteiger charge is -2.20. The van der Waals surface area contributed by atoms with Crippen molar-refractivity contribution < 1.29 is 18.7 Å². The normalized spacial score (nSPS) is 16.9. The highest BCUT2D eigenvalue weighted by Gasteiger charge is 2.29. The second-order valence-electron chi connectivity index (χ2n) is 7.29. The number of methoxy groups -OCH3 is 2. The molecule has 7 heteroatoms. The number of hydrogen-bond acceptors (Lipinski definition) is 6. The van der Waals surface area contributed by atoms with Crippen LogP contribution in [0.4, 0.5) is 0 Å². The van der Waals surface area contributed by atoms with Gasteiger partial charge in [-0.15, -0.1) is 0 Å². The molecular weight excluding hydrogens is 358 g/mol. The Kier molecular flexibility index (Phi) is 6.24. The molecule has 0 spiro atoms. The van der Waals surface area contributed by atoms with Gasteiger partial charge in [-0.1, -0.05) is 0 Å². The third kappa shape index (κ3) is 4.30. The summed E-state index contributed by atoms with van der Waals surface area (Å²) < 4.78 is 16.6. The third-order valence-electron chi connectivity index (χ3n) is 5.20. The van der Waals surface area contributed by atoms with Crippen molar-refractivity contribution in [2.45, 2.75) is 26.8 Å². The minimum atomic E-state index is 0.257. The highest BCUT2D eigenvalue weighted by atomic mass is 16.5. The zero-order valence-electron chi connectivity index (χ0n) is 17.3. The van der Waals surface area contributed by atoms with Crippen LogP contribution in [0.1, 0.15) is 24.8 Å². The number of hydrogen-bond donors (Lipinski definition) is 0. The molecule has 3 rings (SSSR count). The van der Waals surface area contributed by atoms with Crippen LogP contribution in [0.25, 0.3) is 11.5 Å². The highest BCUT2D eigenvalue weighted by Crippen LogP contribution is 2.34. The van der Waals surface area contributed by atoms with Crippen LogP contribution in [0.2, 0.25) is 0 Å². The van der Waals surface area contributed by atoms with Crippen LogP contribution in [0, 0.1) is 12.8 Å². The Bertz CT molecular complexity index is 833. The molecule has 0 bridgehead atoms. The Hall–Kier alpha value is -2.54. The molecule has 1 saturated heterocycles. The van der Waals surface area contributed by atoms with Gasteiger partial charge in [0.15, 0.2) is 0 Å². The maximum atomic E-state index is 11.9. The molecule has 1 atom stereocenters. The molecule has 0 aliphatic carbocycles. The minimum absolute atomic E-state index is 0.257. The van der Waals surface area contributed by atoms with Crippen molar-refractivity contribution in [3.05, 3.63) is 29.7 Å². The predicted octanol–water partition coefficient (Wildman–Crippen LogP) is 2.97. The van der Waals surface area contributed by atoms with E-state index >= 15 is 0 Å². The van der Waals surface area contributed by atoms with Crippen molar-refractivity contribution in [2.75, 3.05) is 40.9 Å². The van der Waals surface area contributed by atoms with Crippen LogP contribution >= 0.6 is 0 Å². The van der Waals surface area contributed by atoms with Crippen molar-refractivity contribution in [3.63, 3.8) is 0 Å². The van der Waals surface area contributed by atoms with E-state index in [0.29, 0.717) is 30.5 Å². The molecule has 2 aromatic rings. The van der Waals surface area contributed by atoms with Gasteiger partial charge in [-0.2, -0.15) is 0 Å². The number of benzene rings is 1. The van der Waals surface area contributed by atoms with Crippen LogP contribution in [0.3, 0.4) is 0 Å². The summed E-state index contributed by atoms with van der Waals surface area (Å²) >= 11 is 0. The lowest BCUT2D eigenvalue weighted by molar-refractivity contribution is -0.127. The zero-order valence-corrected chi connectivity index (χ0v) is 17.3. The van der Waals surface area contributed by atoms with Gasteiger partial charge < -0.3 is 23.7 Å². The molecule has 1 unspecified atom stereocenters. The summed E-state index contributed by atoms with van der Waals surface area (Å²) in [5, 5.41) is 0. The second kappa shape index (κ2) is 8.65. The van der Waals surface area contributed by atoms with Crippen LogP contribution in [-0.4, -0.2) is 61.6 Å². The summed E-state index contributed by atoms with van der Waals surface area (Å²) in [7, 11) is 5.29. The molecule has 1 amide bonds. The molecule has 1 aromatic heterocycles. The first kappa shape index (κ1) is 20.2. The topological polar surface area (TPSA) is 68.0 Å². The van der Waals surface area contributed by atoms with Crippen molar-refractivity contribution in [1.29, 1.82) is 0 Å². The summed E-state index contributed by atoms with van der Waals surface area (Å²) in [6.45, 7) is 7.10. The molecule has 0 N–H and O–H groups in total. The van der Waals surface area contributed by atoms with Crippen LogP contribution in [0.15, 0.2) is 22.6 Å². The van der Waals surface area contributed by atoms with Crippen LogP contribution < -0.4 is 9.47 Å². The number of oxazole rings is 1. The fourth-order valence-corrected chi connectivity index (χ4v) is 3.71. The Morgan fingerprint density at radius 3 is 2.75 bits per heavy atom. The Morgan fingerprint density at radius 1 is 1.32 bits per heavy atom. The van der Waals surface area contributed by atoms with Gasteiger partial charge in [0.2, 0.25) is 11.8 Å². The SMILES string of the molecule is CCN1CC(CN(C)Cc2nc(-c3ccc(OC)cc3OC)oc2C)CC1=O. The second-order valence-corrected chi connectivity index (χ2v) is 7.29. The average molecular weight is 387 g/mol. The fraction of sp³-hybridized carbons (Fsp3) is 0.524. The van der Waals surface area contributed by atoms with Gasteiger partial charge in [-0.3, -0.25) is 4.79 Å². The number of carbonyl (C=O) groups is 1. The van der Waals surface area contributed by atoms with Gasteiger partial charge in [-0.05, 0) is 38.9 Å². The van der Waals surface area contributed by atoms with Gasteiger partial charge in [0.05, 0.1) is 25.5 Å². The zero-order chi connectivity index (χ0) is 20.3. The Morgan fingerprint density at radius 2 is 2.11 bits per heavy atom. The Labute approximate surface area is 166 Å². The standard InChI is InChI=1S/C21H29N3O4/c1-6-24-12-15(9-20(24)25)11-23(3)13-18-14(2)28-21(22-18)17-8-7-16(26-4)10-19(17)27-5/h7-8,10,15H,6,9,11-13H2,1-5H3. The van der Waals surface area contributed by atoms with Gasteiger partial charge in [0, 0.05) is 38.7 Å². The van der Waals surface area contributed by atoms with E-state index in [1.54, 1.807) is 14.2 Å². The minimum Gasteiger partial charge on any atom is -0.497 e. The Balaban J connectivity index is 1.70. The van der Waals surface area contributed by atoms with E-state index in [4.69, 9.17) is 18.9 Å². The lowest BCUT2D eigenvalue weighted by Crippen LogP contribution is -2.28. The molecule has 1 aromatic carbocycles. The van der Waals surface area contributed by atoms with Crippen molar-refractivity contribution in [3.8, 4) is 23.0 Å². The van der Waals surface area contributed by atoms with Gasteiger partial charge in [0.25, 0.3) is 0 Å². The first-order valence-corrected chi connectivity index (χ1v) is 9.60. The fourth-order valence-electron chi connectivity index (χ4n) is 3.71. The van der Waals surface area contributed by atoms with Crippen molar-refractivity contribution in [2.24, 2.45) is 5.92 Å². The first-order chi connectivity index (χ1) is 13.4. The molecule has 1 fully saturated rings. The molecule has 1 aliphatic rings. The van der Waals surface area contributed by atoms with Crippen molar-refractivity contribution in [1.82, 2.24) is 14.8 Å². The van der Waals surface area contributed by atoms with E-state index in [1.165, 1.54) is 0 Å².